The average molecular weight is 325 g/mol. The first kappa shape index (κ1) is 17.1. The van der Waals surface area contributed by atoms with Gasteiger partial charge in [-0.05, 0) is 12.8 Å². The van der Waals surface area contributed by atoms with Crippen LogP contribution in [0.1, 0.15) is 26.7 Å². The Labute approximate surface area is 84.4 Å². The van der Waals surface area contributed by atoms with E-state index in [2.05, 4.69) is 0 Å². The number of carbonyl (C=O) groups is 2. The van der Waals surface area contributed by atoms with Gasteiger partial charge in [-0.15, -0.1) is 0 Å². The number of carboxylic acids is 2. The van der Waals surface area contributed by atoms with Gasteiger partial charge in [0.25, 0.3) is 0 Å². The molecule has 0 heterocycles. The Hall–Kier alpha value is -0.190. The minimum Gasteiger partial charge on any atom is -0.550 e. The summed E-state index contributed by atoms with van der Waals surface area (Å²) < 4.78 is 0. The largest absolute Gasteiger partial charge is 0.550 e. The number of hydrogen-bond donors (Lipinski definition) is 0. The maximum atomic E-state index is 9.26. The molecular formula is C6H10HfO4-2. The molecule has 0 N–H and O–H groups in total. The van der Waals surface area contributed by atoms with E-state index in [9.17, 15) is 19.8 Å². The third kappa shape index (κ3) is 41.2. The predicted octanol–water partition coefficient (Wildman–Crippen LogP) is -1.71. The molecule has 0 aliphatic heterocycles. The number of hydrogen-bond acceptors (Lipinski definition) is 4. The van der Waals surface area contributed by atoms with Gasteiger partial charge in [0.05, 0.1) is 0 Å². The van der Waals surface area contributed by atoms with E-state index >= 15 is 0 Å². The van der Waals surface area contributed by atoms with E-state index < -0.39 is 11.9 Å². The molecular weight excluding hydrogens is 315 g/mol. The third-order valence-electron chi connectivity index (χ3n) is 0.577. The molecule has 0 aliphatic carbocycles. The van der Waals surface area contributed by atoms with Crippen molar-refractivity contribution in [3.05, 3.63) is 0 Å². The van der Waals surface area contributed by atoms with Crippen LogP contribution in [-0.4, -0.2) is 11.9 Å². The van der Waals surface area contributed by atoms with Gasteiger partial charge in [-0.25, -0.2) is 0 Å². The van der Waals surface area contributed by atoms with Crippen LogP contribution in [0.15, 0.2) is 0 Å². The first-order chi connectivity index (χ1) is 4.54. The minimum atomic E-state index is -0.995. The van der Waals surface area contributed by atoms with Crippen molar-refractivity contribution in [2.45, 2.75) is 26.7 Å². The second-order valence-electron chi connectivity index (χ2n) is 1.45. The van der Waals surface area contributed by atoms with Gasteiger partial charge in [0, 0.05) is 37.8 Å². The zero-order valence-electron chi connectivity index (χ0n) is 6.55. The summed E-state index contributed by atoms with van der Waals surface area (Å²) in [7, 11) is 0. The van der Waals surface area contributed by atoms with Crippen molar-refractivity contribution in [3.63, 3.8) is 0 Å². The van der Waals surface area contributed by atoms with Crippen molar-refractivity contribution < 1.29 is 45.6 Å². The molecule has 0 atom stereocenters. The van der Waals surface area contributed by atoms with Gasteiger partial charge < -0.3 is 19.8 Å². The summed E-state index contributed by atoms with van der Waals surface area (Å²) in [5.41, 5.74) is 0. The number of aliphatic carboxylic acids is 2. The topological polar surface area (TPSA) is 80.3 Å². The summed E-state index contributed by atoms with van der Waals surface area (Å²) in [4.78, 5) is 18.5. The van der Waals surface area contributed by atoms with E-state index in [1.807, 2.05) is 0 Å². The fourth-order valence-electron chi connectivity index (χ4n) is 0. The first-order valence-corrected chi connectivity index (χ1v) is 2.94. The molecule has 0 aromatic rings. The maximum Gasteiger partial charge on any atom is 0.0411 e. The predicted molar refractivity (Wildman–Crippen MR) is 30.6 cm³/mol. The monoisotopic (exact) mass is 326 g/mol. The van der Waals surface area contributed by atoms with E-state index in [1.54, 1.807) is 0 Å². The molecule has 0 saturated heterocycles. The Morgan fingerprint density at radius 2 is 1.09 bits per heavy atom. The summed E-state index contributed by atoms with van der Waals surface area (Å²) in [6, 6.07) is 0. The van der Waals surface area contributed by atoms with Gasteiger partial charge in [-0.3, -0.25) is 0 Å². The standard InChI is InChI=1S/2C3H6O2.Hf/c2*1-2-3(4)5;/h2*2H2,1H3,(H,4,5);/p-2. The summed E-state index contributed by atoms with van der Waals surface area (Å²) in [6.07, 6.45) is 0.222. The summed E-state index contributed by atoms with van der Waals surface area (Å²) in [5.74, 6) is -1.99. The van der Waals surface area contributed by atoms with E-state index in [4.69, 9.17) is 0 Å². The quantitative estimate of drug-likeness (QED) is 0.567. The maximum absolute atomic E-state index is 9.26. The molecule has 0 radical (unpaired) electrons. The average Bonchev–Trinajstić information content (AvgIpc) is 1.89. The molecule has 64 valence electrons. The Morgan fingerprint density at radius 1 is 1.00 bits per heavy atom. The molecule has 5 heteroatoms. The normalized spacial score (nSPS) is 6.73. The van der Waals surface area contributed by atoms with Crippen LogP contribution in [0.3, 0.4) is 0 Å². The molecule has 0 bridgehead atoms. The molecule has 11 heavy (non-hydrogen) atoms. The number of carbonyl (C=O) groups excluding carboxylic acids is 2. The van der Waals surface area contributed by atoms with Crippen molar-refractivity contribution in [1.82, 2.24) is 0 Å². The number of rotatable bonds is 2. The third-order valence-corrected chi connectivity index (χ3v) is 0.577. The Morgan fingerprint density at radius 3 is 1.09 bits per heavy atom. The zero-order chi connectivity index (χ0) is 8.57. The van der Waals surface area contributed by atoms with Crippen LogP contribution in [0, 0.1) is 0 Å². The van der Waals surface area contributed by atoms with Gasteiger partial charge in [-0.1, -0.05) is 13.8 Å². The van der Waals surface area contributed by atoms with E-state index in [1.165, 1.54) is 13.8 Å². The molecule has 0 rings (SSSR count). The number of carboxylic acid groups (broad SMARTS) is 2. The van der Waals surface area contributed by atoms with Crippen molar-refractivity contribution in [1.29, 1.82) is 0 Å². The second kappa shape index (κ2) is 12.5. The molecule has 4 nitrogen and oxygen atoms in total. The summed E-state index contributed by atoms with van der Waals surface area (Å²) in [6.45, 7) is 3.07. The van der Waals surface area contributed by atoms with Crippen LogP contribution in [0.5, 0.6) is 0 Å². The van der Waals surface area contributed by atoms with Crippen LogP contribution < -0.4 is 10.2 Å². The molecule has 0 aliphatic rings. The Kier molecular flexibility index (Phi) is 19.4. The van der Waals surface area contributed by atoms with E-state index in [-0.39, 0.29) is 38.7 Å². The van der Waals surface area contributed by atoms with Gasteiger partial charge in [-0.2, -0.15) is 0 Å². The molecule has 0 saturated carbocycles. The van der Waals surface area contributed by atoms with Gasteiger partial charge in [0.2, 0.25) is 0 Å². The smallest absolute Gasteiger partial charge is 0.0411 e. The van der Waals surface area contributed by atoms with Crippen molar-refractivity contribution in [2.75, 3.05) is 0 Å². The Bertz CT molecular complexity index is 99.1. The minimum absolute atomic E-state index is 0. The van der Waals surface area contributed by atoms with Crippen LogP contribution in [0.2, 0.25) is 0 Å². The van der Waals surface area contributed by atoms with Crippen molar-refractivity contribution >= 4 is 11.9 Å². The zero-order valence-corrected chi connectivity index (χ0v) is 10.1. The van der Waals surface area contributed by atoms with Crippen LogP contribution in [0.4, 0.5) is 0 Å². The summed E-state index contributed by atoms with van der Waals surface area (Å²) >= 11 is 0. The van der Waals surface area contributed by atoms with Crippen LogP contribution in [-0.2, 0) is 35.4 Å². The van der Waals surface area contributed by atoms with Gasteiger partial charge in [0.15, 0.2) is 0 Å². The molecule has 0 amide bonds. The molecule has 0 unspecified atom stereocenters. The van der Waals surface area contributed by atoms with Crippen molar-refractivity contribution in [3.8, 4) is 0 Å². The fraction of sp³-hybridized carbons (Fsp3) is 0.667. The van der Waals surface area contributed by atoms with Gasteiger partial charge >= 0.3 is 0 Å². The van der Waals surface area contributed by atoms with E-state index in [0.717, 1.165) is 0 Å². The fourth-order valence-corrected chi connectivity index (χ4v) is 0. The van der Waals surface area contributed by atoms with Crippen LogP contribution >= 0.6 is 0 Å². The van der Waals surface area contributed by atoms with Crippen molar-refractivity contribution in [2.24, 2.45) is 0 Å². The molecule has 0 aromatic heterocycles. The molecule has 0 aromatic carbocycles. The van der Waals surface area contributed by atoms with Gasteiger partial charge in [0.1, 0.15) is 0 Å². The summed E-state index contributed by atoms with van der Waals surface area (Å²) in [5, 5.41) is 18.5. The first-order valence-electron chi connectivity index (χ1n) is 2.94. The molecule has 0 fully saturated rings. The van der Waals surface area contributed by atoms with Crippen LogP contribution in [0.25, 0.3) is 0 Å². The SMILES string of the molecule is CCC(=O)[O-].CCC(=O)[O-].[Hf]. The second-order valence-corrected chi connectivity index (χ2v) is 1.45. The Balaban J connectivity index is -0.000000107. The van der Waals surface area contributed by atoms with E-state index in [0.29, 0.717) is 0 Å². The molecule has 0 spiro atoms.